The number of hydrogen-bond donors (Lipinski definition) is 1. The summed E-state index contributed by atoms with van der Waals surface area (Å²) in [7, 11) is 3.78. The van der Waals surface area contributed by atoms with Crippen LogP contribution in [0.25, 0.3) is 0 Å². The van der Waals surface area contributed by atoms with Gasteiger partial charge in [-0.25, -0.2) is 9.37 Å². The van der Waals surface area contributed by atoms with Crippen LogP contribution in [0.15, 0.2) is 30.6 Å². The van der Waals surface area contributed by atoms with E-state index in [0.717, 1.165) is 17.0 Å². The zero-order valence-electron chi connectivity index (χ0n) is 10.2. The summed E-state index contributed by atoms with van der Waals surface area (Å²) in [5.74, 6) is 0.654. The maximum absolute atomic E-state index is 13.3. The summed E-state index contributed by atoms with van der Waals surface area (Å²) >= 11 is 0. The van der Waals surface area contributed by atoms with E-state index in [2.05, 4.69) is 10.3 Å². The van der Waals surface area contributed by atoms with Crippen LogP contribution in [0.3, 0.4) is 0 Å². The van der Waals surface area contributed by atoms with Gasteiger partial charge < -0.3 is 9.88 Å². The fourth-order valence-electron chi connectivity index (χ4n) is 2.00. The third-order valence-electron chi connectivity index (χ3n) is 2.96. The van der Waals surface area contributed by atoms with Crippen molar-refractivity contribution >= 4 is 0 Å². The highest BCUT2D eigenvalue weighted by Gasteiger charge is 2.18. The highest BCUT2D eigenvalue weighted by atomic mass is 19.1. The molecular weight excluding hydrogens is 217 g/mol. The fraction of sp³-hybridized carbons (Fsp3) is 0.308. The van der Waals surface area contributed by atoms with Gasteiger partial charge in [0.2, 0.25) is 0 Å². The van der Waals surface area contributed by atoms with E-state index in [9.17, 15) is 4.39 Å². The molecule has 0 fully saturated rings. The Bertz CT molecular complexity index is 519. The van der Waals surface area contributed by atoms with E-state index < -0.39 is 0 Å². The Morgan fingerprint density at radius 1 is 1.41 bits per heavy atom. The van der Waals surface area contributed by atoms with Gasteiger partial charge in [-0.3, -0.25) is 0 Å². The molecule has 1 unspecified atom stereocenters. The molecule has 2 rings (SSSR count). The lowest BCUT2D eigenvalue weighted by atomic mass is 10.0. The van der Waals surface area contributed by atoms with Crippen molar-refractivity contribution < 1.29 is 4.39 Å². The van der Waals surface area contributed by atoms with Gasteiger partial charge in [0.25, 0.3) is 0 Å². The summed E-state index contributed by atoms with van der Waals surface area (Å²) in [5, 5.41) is 3.18. The average Bonchev–Trinajstić information content (AvgIpc) is 2.71. The summed E-state index contributed by atoms with van der Waals surface area (Å²) in [5.41, 5.74) is 1.97. The van der Waals surface area contributed by atoms with Gasteiger partial charge >= 0.3 is 0 Å². The minimum Gasteiger partial charge on any atom is -0.336 e. The Hall–Kier alpha value is -1.68. The van der Waals surface area contributed by atoms with E-state index in [1.54, 1.807) is 18.3 Å². The first-order valence-corrected chi connectivity index (χ1v) is 5.54. The summed E-state index contributed by atoms with van der Waals surface area (Å²) in [6.45, 7) is 1.97. The number of aryl methyl sites for hydroxylation is 2. The van der Waals surface area contributed by atoms with Crippen LogP contribution in [-0.4, -0.2) is 16.6 Å². The summed E-state index contributed by atoms with van der Waals surface area (Å²) in [4.78, 5) is 4.31. The van der Waals surface area contributed by atoms with Crippen molar-refractivity contribution in [3.8, 4) is 0 Å². The minimum atomic E-state index is -0.222. The van der Waals surface area contributed by atoms with Gasteiger partial charge in [0.1, 0.15) is 11.6 Å². The van der Waals surface area contributed by atoms with Crippen molar-refractivity contribution in [1.29, 1.82) is 0 Å². The highest BCUT2D eigenvalue weighted by molar-refractivity contribution is 5.33. The van der Waals surface area contributed by atoms with E-state index in [1.807, 2.05) is 31.8 Å². The summed E-state index contributed by atoms with van der Waals surface area (Å²) < 4.78 is 15.3. The predicted octanol–water partition coefficient (Wildman–Crippen LogP) is 2.18. The normalized spacial score (nSPS) is 12.7. The maximum atomic E-state index is 13.3. The molecule has 1 heterocycles. The second kappa shape index (κ2) is 4.67. The lowest BCUT2D eigenvalue weighted by Gasteiger charge is -2.18. The zero-order valence-corrected chi connectivity index (χ0v) is 10.2. The van der Waals surface area contributed by atoms with Crippen molar-refractivity contribution in [2.45, 2.75) is 13.0 Å². The van der Waals surface area contributed by atoms with Crippen LogP contribution in [0.4, 0.5) is 4.39 Å². The Kier molecular flexibility index (Phi) is 3.24. The molecule has 0 saturated carbocycles. The SMILES string of the molecule is CNC(c1cc(F)ccc1C)c1nccn1C. The van der Waals surface area contributed by atoms with E-state index in [4.69, 9.17) is 0 Å². The van der Waals surface area contributed by atoms with Crippen LogP contribution in [0, 0.1) is 12.7 Å². The molecule has 0 aliphatic rings. The molecule has 1 atom stereocenters. The van der Waals surface area contributed by atoms with Crippen molar-refractivity contribution in [3.05, 3.63) is 53.4 Å². The number of nitrogens with zero attached hydrogens (tertiary/aromatic N) is 2. The maximum Gasteiger partial charge on any atom is 0.130 e. The standard InChI is InChI=1S/C13H16FN3/c1-9-4-5-10(14)8-11(9)12(15-2)13-16-6-7-17(13)3/h4-8,12,15H,1-3H3. The van der Waals surface area contributed by atoms with Crippen LogP contribution in [-0.2, 0) is 7.05 Å². The monoisotopic (exact) mass is 233 g/mol. The Morgan fingerprint density at radius 2 is 2.18 bits per heavy atom. The second-order valence-electron chi connectivity index (χ2n) is 4.12. The molecular formula is C13H16FN3. The third-order valence-corrected chi connectivity index (χ3v) is 2.96. The topological polar surface area (TPSA) is 29.9 Å². The molecule has 1 aromatic heterocycles. The fourth-order valence-corrected chi connectivity index (χ4v) is 2.00. The molecule has 2 aromatic rings. The van der Waals surface area contributed by atoms with E-state index in [1.165, 1.54) is 6.07 Å². The number of hydrogen-bond acceptors (Lipinski definition) is 2. The predicted molar refractivity (Wildman–Crippen MR) is 65.2 cm³/mol. The van der Waals surface area contributed by atoms with Crippen molar-refractivity contribution in [2.24, 2.45) is 7.05 Å². The molecule has 90 valence electrons. The first-order valence-electron chi connectivity index (χ1n) is 5.54. The van der Waals surface area contributed by atoms with Gasteiger partial charge in [0.15, 0.2) is 0 Å². The van der Waals surface area contributed by atoms with E-state index in [-0.39, 0.29) is 11.9 Å². The van der Waals surface area contributed by atoms with Gasteiger partial charge in [-0.1, -0.05) is 6.07 Å². The van der Waals surface area contributed by atoms with Crippen LogP contribution < -0.4 is 5.32 Å². The largest absolute Gasteiger partial charge is 0.336 e. The Labute approximate surface area is 100 Å². The molecule has 1 N–H and O–H groups in total. The number of imidazole rings is 1. The highest BCUT2D eigenvalue weighted by Crippen LogP contribution is 2.23. The van der Waals surface area contributed by atoms with Gasteiger partial charge in [-0.2, -0.15) is 0 Å². The molecule has 0 bridgehead atoms. The third kappa shape index (κ3) is 2.22. The Morgan fingerprint density at radius 3 is 2.76 bits per heavy atom. The van der Waals surface area contributed by atoms with Crippen LogP contribution in [0.2, 0.25) is 0 Å². The van der Waals surface area contributed by atoms with Gasteiger partial charge in [0, 0.05) is 19.4 Å². The first kappa shape index (κ1) is 11.8. The lowest BCUT2D eigenvalue weighted by Crippen LogP contribution is -2.22. The number of halogens is 1. The number of benzene rings is 1. The van der Waals surface area contributed by atoms with Crippen LogP contribution in [0.1, 0.15) is 23.0 Å². The molecule has 17 heavy (non-hydrogen) atoms. The zero-order chi connectivity index (χ0) is 12.4. The van der Waals surface area contributed by atoms with Gasteiger partial charge in [0.05, 0.1) is 6.04 Å². The molecule has 0 radical (unpaired) electrons. The second-order valence-corrected chi connectivity index (χ2v) is 4.12. The lowest BCUT2D eigenvalue weighted by molar-refractivity contribution is 0.594. The van der Waals surface area contributed by atoms with Crippen LogP contribution >= 0.6 is 0 Å². The van der Waals surface area contributed by atoms with Crippen molar-refractivity contribution in [1.82, 2.24) is 14.9 Å². The van der Waals surface area contributed by atoms with Gasteiger partial charge in [-0.05, 0) is 37.2 Å². The quantitative estimate of drug-likeness (QED) is 0.880. The van der Waals surface area contributed by atoms with Crippen LogP contribution in [0.5, 0.6) is 0 Å². The molecule has 0 saturated heterocycles. The molecule has 4 heteroatoms. The number of aromatic nitrogens is 2. The molecule has 0 aliphatic heterocycles. The first-order chi connectivity index (χ1) is 8.13. The molecule has 3 nitrogen and oxygen atoms in total. The van der Waals surface area contributed by atoms with Gasteiger partial charge in [-0.15, -0.1) is 0 Å². The van der Waals surface area contributed by atoms with Crippen molar-refractivity contribution in [2.75, 3.05) is 7.05 Å². The smallest absolute Gasteiger partial charge is 0.130 e. The summed E-state index contributed by atoms with van der Waals surface area (Å²) in [6.07, 6.45) is 3.63. The van der Waals surface area contributed by atoms with E-state index in [0.29, 0.717) is 0 Å². The van der Waals surface area contributed by atoms with E-state index >= 15 is 0 Å². The van der Waals surface area contributed by atoms with Crippen molar-refractivity contribution in [3.63, 3.8) is 0 Å². The average molecular weight is 233 g/mol. The molecule has 0 spiro atoms. The molecule has 0 aliphatic carbocycles. The number of nitrogens with one attached hydrogen (secondary N) is 1. The minimum absolute atomic E-state index is 0.0919. The molecule has 1 aromatic carbocycles. The molecule has 0 amide bonds. The number of rotatable bonds is 3. The Balaban J connectivity index is 2.49. The summed E-state index contributed by atoms with van der Waals surface area (Å²) in [6, 6.07) is 4.73.